The van der Waals surface area contributed by atoms with Crippen molar-refractivity contribution in [1.82, 2.24) is 4.90 Å². The first-order valence-corrected chi connectivity index (χ1v) is 24.3. The Morgan fingerprint density at radius 1 is 0.491 bits per heavy atom. The zero-order valence-electron chi connectivity index (χ0n) is 37.2. The normalized spacial score (nSPS) is 12.2. The minimum absolute atomic E-state index is 0.241. The van der Waals surface area contributed by atoms with E-state index < -0.39 is 6.17 Å². The first-order chi connectivity index (χ1) is 26.9. The molecule has 6 nitrogen and oxygen atoms in total. The van der Waals surface area contributed by atoms with Crippen LogP contribution in [0.2, 0.25) is 0 Å². The van der Waals surface area contributed by atoms with Gasteiger partial charge in [0.15, 0.2) is 11.8 Å². The molecule has 0 aliphatic rings. The van der Waals surface area contributed by atoms with Crippen LogP contribution in [0.15, 0.2) is 0 Å². The lowest BCUT2D eigenvalue weighted by Gasteiger charge is -2.22. The Bertz CT molecular complexity index is 782. The minimum atomic E-state index is -0.656. The van der Waals surface area contributed by atoms with Crippen molar-refractivity contribution < 1.29 is 19.0 Å². The van der Waals surface area contributed by atoms with Gasteiger partial charge in [-0.3, -0.25) is 10.8 Å². The van der Waals surface area contributed by atoms with Gasteiger partial charge in [-0.05, 0) is 110 Å². The summed E-state index contributed by atoms with van der Waals surface area (Å²) in [4.78, 5) is 2.63. The van der Waals surface area contributed by atoms with E-state index in [4.69, 9.17) is 20.3 Å². The van der Waals surface area contributed by atoms with Crippen molar-refractivity contribution in [2.75, 3.05) is 32.8 Å². The minimum Gasteiger partial charge on any atom is -0.481 e. The summed E-state index contributed by atoms with van der Waals surface area (Å²) in [6.07, 6.45) is 41.6. The maximum atomic E-state index is 12.8. The monoisotopic (exact) mass is 782 g/mol. The number of halogens is 1. The fourth-order valence-corrected chi connectivity index (χ4v) is 7.59. The van der Waals surface area contributed by atoms with Crippen LogP contribution in [-0.2, 0) is 9.47 Å². The summed E-state index contributed by atoms with van der Waals surface area (Å²) in [7, 11) is 0. The van der Waals surface area contributed by atoms with Crippen molar-refractivity contribution in [3.05, 3.63) is 0 Å². The SMILES string of the molecule is CCCCCCCCC(CCCCCCCC)OC(=N)CCCCCCCN(CCCCCO)CCCCCC(=N)OCCCCCCCCCCC(C)F. The Balaban J connectivity index is 4.15. The number of alkyl halides is 1. The van der Waals surface area contributed by atoms with E-state index in [1.54, 1.807) is 6.92 Å². The smallest absolute Gasteiger partial charge is 0.180 e. The molecule has 328 valence electrons. The summed E-state index contributed by atoms with van der Waals surface area (Å²) < 4.78 is 24.8. The number of aliphatic hydroxyl groups is 1. The lowest BCUT2D eigenvalue weighted by molar-refractivity contribution is 0.153. The van der Waals surface area contributed by atoms with Crippen LogP contribution in [0.5, 0.6) is 0 Å². The third kappa shape index (κ3) is 42.2. The molecule has 0 saturated carbocycles. The van der Waals surface area contributed by atoms with Crippen LogP contribution < -0.4 is 0 Å². The molecule has 0 saturated heterocycles. The third-order valence-corrected chi connectivity index (χ3v) is 11.2. The van der Waals surface area contributed by atoms with Crippen LogP contribution >= 0.6 is 0 Å². The van der Waals surface area contributed by atoms with Crippen LogP contribution in [0.4, 0.5) is 4.39 Å². The van der Waals surface area contributed by atoms with Gasteiger partial charge < -0.3 is 19.5 Å². The van der Waals surface area contributed by atoms with E-state index in [-0.39, 0.29) is 6.10 Å². The van der Waals surface area contributed by atoms with Crippen molar-refractivity contribution in [3.63, 3.8) is 0 Å². The summed E-state index contributed by atoms with van der Waals surface area (Å²) in [5.41, 5.74) is 0. The molecule has 3 N–H and O–H groups in total. The molecular formula is C48H96FN3O3. The molecule has 0 aromatic carbocycles. The van der Waals surface area contributed by atoms with Crippen LogP contribution in [-0.4, -0.2) is 66.9 Å². The van der Waals surface area contributed by atoms with Crippen molar-refractivity contribution in [1.29, 1.82) is 10.8 Å². The topological polar surface area (TPSA) is 89.6 Å². The number of rotatable bonds is 45. The molecule has 0 amide bonds. The Morgan fingerprint density at radius 3 is 1.36 bits per heavy atom. The molecule has 0 bridgehead atoms. The molecule has 0 fully saturated rings. The first-order valence-electron chi connectivity index (χ1n) is 24.3. The molecule has 0 aromatic heterocycles. The average molecular weight is 782 g/mol. The molecule has 55 heavy (non-hydrogen) atoms. The maximum absolute atomic E-state index is 12.8. The fourth-order valence-electron chi connectivity index (χ4n) is 7.59. The van der Waals surface area contributed by atoms with Gasteiger partial charge in [0.2, 0.25) is 0 Å². The third-order valence-electron chi connectivity index (χ3n) is 11.2. The zero-order valence-corrected chi connectivity index (χ0v) is 37.2. The highest BCUT2D eigenvalue weighted by Gasteiger charge is 2.13. The average Bonchev–Trinajstić information content (AvgIpc) is 3.17. The highest BCUT2D eigenvalue weighted by molar-refractivity contribution is 5.72. The second-order valence-corrected chi connectivity index (χ2v) is 16.9. The molecule has 0 aliphatic heterocycles. The van der Waals surface area contributed by atoms with E-state index in [1.165, 1.54) is 141 Å². The standard InChI is InChI=1S/C48H96FN3O3/c1-4-6-8-10-18-26-36-46(37-27-19-11-9-7-5-2)55-48(51)39-28-20-16-21-30-40-52(42-32-24-33-43-53)41-31-23-29-38-47(50)54-44-34-22-15-13-12-14-17-25-35-45(3)49/h45-46,50-51,53H,4-44H2,1-3H3. The molecule has 0 spiro atoms. The van der Waals surface area contributed by atoms with E-state index in [9.17, 15) is 9.50 Å². The summed E-state index contributed by atoms with van der Waals surface area (Å²) in [6.45, 7) is 10.6. The number of hydrogen-bond donors (Lipinski definition) is 3. The number of nitrogens with zero attached hydrogens (tertiary/aromatic N) is 1. The number of hydrogen-bond acceptors (Lipinski definition) is 6. The van der Waals surface area contributed by atoms with Gasteiger partial charge in [-0.15, -0.1) is 0 Å². The second-order valence-electron chi connectivity index (χ2n) is 16.9. The molecule has 0 heterocycles. The predicted octanol–water partition coefficient (Wildman–Crippen LogP) is 15.1. The molecular weight excluding hydrogens is 686 g/mol. The summed E-state index contributed by atoms with van der Waals surface area (Å²) in [5.74, 6) is 0.971. The summed E-state index contributed by atoms with van der Waals surface area (Å²) >= 11 is 0. The highest BCUT2D eigenvalue weighted by atomic mass is 19.1. The van der Waals surface area contributed by atoms with Gasteiger partial charge in [0.25, 0.3) is 0 Å². The Hall–Kier alpha value is -1.21. The van der Waals surface area contributed by atoms with Gasteiger partial charge in [-0.2, -0.15) is 0 Å². The van der Waals surface area contributed by atoms with Crippen LogP contribution in [0.1, 0.15) is 252 Å². The predicted molar refractivity (Wildman–Crippen MR) is 238 cm³/mol. The van der Waals surface area contributed by atoms with Crippen LogP contribution in [0.25, 0.3) is 0 Å². The van der Waals surface area contributed by atoms with Crippen molar-refractivity contribution in [2.24, 2.45) is 0 Å². The fraction of sp³-hybridized carbons (Fsp3) is 0.958. The molecule has 0 aliphatic carbocycles. The van der Waals surface area contributed by atoms with Crippen molar-refractivity contribution in [2.45, 2.75) is 264 Å². The lowest BCUT2D eigenvalue weighted by atomic mass is 10.0. The van der Waals surface area contributed by atoms with E-state index in [0.717, 1.165) is 103 Å². The maximum Gasteiger partial charge on any atom is 0.180 e. The largest absolute Gasteiger partial charge is 0.481 e. The van der Waals surface area contributed by atoms with E-state index in [0.29, 0.717) is 31.4 Å². The number of aliphatic hydroxyl groups excluding tert-OH is 1. The van der Waals surface area contributed by atoms with Gasteiger partial charge in [-0.25, -0.2) is 4.39 Å². The quantitative estimate of drug-likeness (QED) is 0.0326. The summed E-state index contributed by atoms with van der Waals surface area (Å²) in [5, 5.41) is 26.0. The zero-order chi connectivity index (χ0) is 40.3. The van der Waals surface area contributed by atoms with Crippen molar-refractivity contribution >= 4 is 11.8 Å². The molecule has 7 heteroatoms. The Kier molecular flexibility index (Phi) is 42.9. The van der Waals surface area contributed by atoms with Crippen molar-refractivity contribution in [3.8, 4) is 0 Å². The van der Waals surface area contributed by atoms with E-state index in [2.05, 4.69) is 18.7 Å². The Morgan fingerprint density at radius 2 is 0.873 bits per heavy atom. The summed E-state index contributed by atoms with van der Waals surface area (Å²) in [6, 6.07) is 0. The molecule has 1 unspecified atom stereocenters. The first kappa shape index (κ1) is 53.8. The number of ether oxygens (including phenoxy) is 2. The molecule has 0 radical (unpaired) electrons. The number of unbranched alkanes of at least 4 members (excludes halogenated alkanes) is 25. The van der Waals surface area contributed by atoms with Crippen LogP contribution in [0, 0.1) is 10.8 Å². The van der Waals surface area contributed by atoms with Gasteiger partial charge in [0.1, 0.15) is 6.10 Å². The van der Waals surface area contributed by atoms with Gasteiger partial charge in [0.05, 0.1) is 12.8 Å². The van der Waals surface area contributed by atoms with E-state index >= 15 is 0 Å². The van der Waals surface area contributed by atoms with E-state index in [1.807, 2.05) is 0 Å². The molecule has 1 atom stereocenters. The van der Waals surface area contributed by atoms with Gasteiger partial charge >= 0.3 is 0 Å². The van der Waals surface area contributed by atoms with Crippen LogP contribution in [0.3, 0.4) is 0 Å². The second kappa shape index (κ2) is 43.9. The molecule has 0 rings (SSSR count). The van der Waals surface area contributed by atoms with Gasteiger partial charge in [0, 0.05) is 19.4 Å². The number of nitrogens with one attached hydrogen (secondary N) is 2. The lowest BCUT2D eigenvalue weighted by Crippen LogP contribution is -2.27. The van der Waals surface area contributed by atoms with Gasteiger partial charge in [-0.1, -0.05) is 149 Å². The Labute approximate surface area is 342 Å². The molecule has 0 aromatic rings. The highest BCUT2D eigenvalue weighted by Crippen LogP contribution is 2.19.